The van der Waals surface area contributed by atoms with Crippen LogP contribution in [0.4, 0.5) is 14.5 Å². The minimum Gasteiger partial charge on any atom is -0.355 e. The van der Waals surface area contributed by atoms with Gasteiger partial charge in [-0.15, -0.1) is 0 Å². The van der Waals surface area contributed by atoms with Gasteiger partial charge in [0.2, 0.25) is 15.9 Å². The molecule has 0 aliphatic carbocycles. The fraction of sp³-hybridized carbons (Fsp3) is 0.280. The normalized spacial score (nSPS) is 15.5. The van der Waals surface area contributed by atoms with Crippen molar-refractivity contribution < 1.29 is 26.5 Å². The van der Waals surface area contributed by atoms with E-state index < -0.39 is 21.7 Å². The molecule has 3 aromatic rings. The Morgan fingerprint density at radius 2 is 1.86 bits per heavy atom. The molecule has 1 fully saturated rings. The summed E-state index contributed by atoms with van der Waals surface area (Å²) in [5.41, 5.74) is 1.91. The first kappa shape index (κ1) is 26.2. The summed E-state index contributed by atoms with van der Waals surface area (Å²) in [6, 6.07) is 8.60. The number of piperidine rings is 1. The number of aromatic nitrogens is 1. The number of sulfonamides is 1. The standard InChI is InChI=1S/C25H24BrF2N3O4S/c1-15-13-20(6-7-21(15)26)29-25(32)18-9-11-31(12-10-18)36(33,34)24-16(2)30-35-23(24)8-4-17-3-5-19(27)14-22(17)28/h3-8,13-14,18H,9-12H2,1-2H3,(H,29,32)/b8-4+. The third-order valence-electron chi connectivity index (χ3n) is 6.06. The van der Waals surface area contributed by atoms with Crippen LogP contribution in [0.1, 0.15) is 35.4 Å². The molecule has 1 aromatic heterocycles. The second-order valence-electron chi connectivity index (χ2n) is 8.59. The van der Waals surface area contributed by atoms with Crippen molar-refractivity contribution >= 4 is 49.7 Å². The van der Waals surface area contributed by atoms with Crippen molar-refractivity contribution in [2.75, 3.05) is 18.4 Å². The maximum Gasteiger partial charge on any atom is 0.248 e. The molecule has 1 aliphatic heterocycles. The first-order valence-electron chi connectivity index (χ1n) is 11.2. The lowest BCUT2D eigenvalue weighted by Crippen LogP contribution is -2.41. The number of hydrogen-bond donors (Lipinski definition) is 1. The zero-order valence-electron chi connectivity index (χ0n) is 19.6. The highest BCUT2D eigenvalue weighted by atomic mass is 79.9. The van der Waals surface area contributed by atoms with Crippen LogP contribution in [0, 0.1) is 31.4 Å². The molecule has 1 aliphatic rings. The molecule has 36 heavy (non-hydrogen) atoms. The fourth-order valence-corrected chi connectivity index (χ4v) is 6.02. The van der Waals surface area contributed by atoms with Gasteiger partial charge in [-0.1, -0.05) is 21.1 Å². The third-order valence-corrected chi connectivity index (χ3v) is 9.01. The van der Waals surface area contributed by atoms with Crippen LogP contribution in [0.5, 0.6) is 0 Å². The summed E-state index contributed by atoms with van der Waals surface area (Å²) in [6.07, 6.45) is 3.31. The largest absolute Gasteiger partial charge is 0.355 e. The summed E-state index contributed by atoms with van der Waals surface area (Å²) in [5, 5.41) is 6.68. The van der Waals surface area contributed by atoms with Gasteiger partial charge >= 0.3 is 0 Å². The number of nitrogens with one attached hydrogen (secondary N) is 1. The van der Waals surface area contributed by atoms with Crippen molar-refractivity contribution in [3.8, 4) is 0 Å². The average molecular weight is 580 g/mol. The van der Waals surface area contributed by atoms with E-state index in [-0.39, 0.29) is 46.8 Å². The Morgan fingerprint density at radius 1 is 1.14 bits per heavy atom. The number of nitrogens with zero attached hydrogens (tertiary/aromatic N) is 2. The zero-order valence-corrected chi connectivity index (χ0v) is 22.0. The Morgan fingerprint density at radius 3 is 2.53 bits per heavy atom. The molecule has 0 radical (unpaired) electrons. The van der Waals surface area contributed by atoms with Crippen molar-refractivity contribution in [1.29, 1.82) is 0 Å². The van der Waals surface area contributed by atoms with E-state index in [9.17, 15) is 22.0 Å². The van der Waals surface area contributed by atoms with Gasteiger partial charge in [0.25, 0.3) is 0 Å². The smallest absolute Gasteiger partial charge is 0.248 e. The van der Waals surface area contributed by atoms with Crippen LogP contribution in [0.25, 0.3) is 12.2 Å². The average Bonchev–Trinajstić information content (AvgIpc) is 3.22. The van der Waals surface area contributed by atoms with E-state index in [1.54, 1.807) is 6.07 Å². The van der Waals surface area contributed by atoms with Crippen LogP contribution in [0.15, 0.2) is 50.3 Å². The van der Waals surface area contributed by atoms with E-state index in [0.717, 1.165) is 22.2 Å². The Labute approximate surface area is 216 Å². The van der Waals surface area contributed by atoms with Gasteiger partial charge in [-0.05, 0) is 74.7 Å². The number of amides is 1. The van der Waals surface area contributed by atoms with E-state index in [4.69, 9.17) is 4.52 Å². The predicted molar refractivity (Wildman–Crippen MR) is 136 cm³/mol. The van der Waals surface area contributed by atoms with Crippen molar-refractivity contribution in [3.05, 3.63) is 75.1 Å². The van der Waals surface area contributed by atoms with E-state index in [0.29, 0.717) is 18.5 Å². The number of benzene rings is 2. The molecule has 4 rings (SSSR count). The second kappa shape index (κ2) is 10.6. The van der Waals surface area contributed by atoms with Crippen LogP contribution in [0.3, 0.4) is 0 Å². The lowest BCUT2D eigenvalue weighted by Gasteiger charge is -2.30. The number of rotatable bonds is 6. The van der Waals surface area contributed by atoms with E-state index in [1.807, 2.05) is 19.1 Å². The fourth-order valence-electron chi connectivity index (χ4n) is 4.06. The highest BCUT2D eigenvalue weighted by molar-refractivity contribution is 9.10. The molecule has 0 unspecified atom stereocenters. The molecule has 7 nitrogen and oxygen atoms in total. The molecular weight excluding hydrogens is 556 g/mol. The van der Waals surface area contributed by atoms with Gasteiger partial charge in [0.05, 0.1) is 0 Å². The summed E-state index contributed by atoms with van der Waals surface area (Å²) in [4.78, 5) is 12.6. The summed E-state index contributed by atoms with van der Waals surface area (Å²) in [6.45, 7) is 3.74. The highest BCUT2D eigenvalue weighted by Gasteiger charge is 2.36. The van der Waals surface area contributed by atoms with Crippen LogP contribution in [-0.2, 0) is 14.8 Å². The van der Waals surface area contributed by atoms with Gasteiger partial charge in [-0.2, -0.15) is 4.31 Å². The first-order valence-corrected chi connectivity index (χ1v) is 13.5. The van der Waals surface area contributed by atoms with E-state index in [2.05, 4.69) is 26.4 Å². The molecular formula is C25H24BrF2N3O4S. The molecule has 2 aromatic carbocycles. The van der Waals surface area contributed by atoms with Crippen LogP contribution in [-0.4, -0.2) is 36.9 Å². The second-order valence-corrected chi connectivity index (χ2v) is 11.3. The third kappa shape index (κ3) is 5.58. The van der Waals surface area contributed by atoms with E-state index >= 15 is 0 Å². The molecule has 1 amide bonds. The SMILES string of the molecule is Cc1cc(NC(=O)C2CCN(S(=O)(=O)c3c(C)noc3/C=C/c3ccc(F)cc3F)CC2)ccc1Br. The first-order chi connectivity index (χ1) is 17.1. The Balaban J connectivity index is 1.46. The van der Waals surface area contributed by atoms with Crippen molar-refractivity contribution in [2.24, 2.45) is 5.92 Å². The molecule has 1 saturated heterocycles. The topological polar surface area (TPSA) is 92.5 Å². The zero-order chi connectivity index (χ0) is 26.0. The molecule has 11 heteroatoms. The Bertz CT molecular complexity index is 1430. The minimum absolute atomic E-state index is 0.0540. The number of halogens is 3. The maximum atomic E-state index is 14.0. The molecule has 190 valence electrons. The Hall–Kier alpha value is -2.89. The van der Waals surface area contributed by atoms with Gasteiger partial charge in [0.1, 0.15) is 17.3 Å². The maximum absolute atomic E-state index is 14.0. The number of carbonyl (C=O) groups excluding carboxylic acids is 1. The van der Waals surface area contributed by atoms with Gasteiger partial charge in [0.15, 0.2) is 10.7 Å². The number of aryl methyl sites for hydroxylation is 2. The van der Waals surface area contributed by atoms with Crippen molar-refractivity contribution in [2.45, 2.75) is 31.6 Å². The highest BCUT2D eigenvalue weighted by Crippen LogP contribution is 2.30. The molecule has 2 heterocycles. The number of hydrogen-bond acceptors (Lipinski definition) is 5. The molecule has 0 bridgehead atoms. The summed E-state index contributed by atoms with van der Waals surface area (Å²) < 4.78 is 61.4. The molecule has 0 saturated carbocycles. The summed E-state index contributed by atoms with van der Waals surface area (Å²) in [5.74, 6) is -2.04. The minimum atomic E-state index is -3.98. The lowest BCUT2D eigenvalue weighted by molar-refractivity contribution is -0.120. The van der Waals surface area contributed by atoms with Crippen LogP contribution >= 0.6 is 15.9 Å². The molecule has 0 atom stereocenters. The molecule has 1 N–H and O–H groups in total. The lowest BCUT2D eigenvalue weighted by atomic mass is 9.97. The van der Waals surface area contributed by atoms with Gasteiger partial charge in [-0.25, -0.2) is 17.2 Å². The van der Waals surface area contributed by atoms with Gasteiger partial charge < -0.3 is 9.84 Å². The quantitative estimate of drug-likeness (QED) is 0.414. The number of carbonyl (C=O) groups is 1. The monoisotopic (exact) mass is 579 g/mol. The summed E-state index contributed by atoms with van der Waals surface area (Å²) >= 11 is 3.43. The van der Waals surface area contributed by atoms with Gasteiger partial charge in [-0.3, -0.25) is 4.79 Å². The van der Waals surface area contributed by atoms with Crippen molar-refractivity contribution in [3.63, 3.8) is 0 Å². The predicted octanol–water partition coefficient (Wildman–Crippen LogP) is 5.54. The molecule has 0 spiro atoms. The van der Waals surface area contributed by atoms with Gasteiger partial charge in [0, 0.05) is 40.8 Å². The van der Waals surface area contributed by atoms with Crippen LogP contribution in [0.2, 0.25) is 0 Å². The number of anilines is 1. The van der Waals surface area contributed by atoms with Crippen molar-refractivity contribution in [1.82, 2.24) is 9.46 Å². The van der Waals surface area contributed by atoms with Crippen LogP contribution < -0.4 is 5.32 Å². The van der Waals surface area contributed by atoms with E-state index in [1.165, 1.54) is 29.4 Å². The Kier molecular flexibility index (Phi) is 7.72. The summed E-state index contributed by atoms with van der Waals surface area (Å²) in [7, 11) is -3.98.